The van der Waals surface area contributed by atoms with E-state index in [9.17, 15) is 9.90 Å². The Bertz CT molecular complexity index is 655. The van der Waals surface area contributed by atoms with Gasteiger partial charge in [-0.3, -0.25) is 4.79 Å². The minimum Gasteiger partial charge on any atom is -0.507 e. The van der Waals surface area contributed by atoms with E-state index in [-0.39, 0.29) is 11.7 Å². The van der Waals surface area contributed by atoms with Crippen LogP contribution in [0.15, 0.2) is 42.5 Å². The summed E-state index contributed by atoms with van der Waals surface area (Å²) in [4.78, 5) is 13.8. The van der Waals surface area contributed by atoms with Crippen molar-refractivity contribution in [2.24, 2.45) is 0 Å². The standard InChI is InChI=1S/C17H18ClNO3/c1-12-3-8-16(20)15(11-12)17(21)19(2)9-10-22-14-6-4-13(18)5-7-14/h3-8,11,20H,9-10H2,1-2H3. The molecule has 0 bridgehead atoms. The van der Waals surface area contributed by atoms with Crippen molar-refractivity contribution in [1.82, 2.24) is 4.90 Å². The van der Waals surface area contributed by atoms with E-state index < -0.39 is 0 Å². The number of carbonyl (C=O) groups excluding carboxylic acids is 1. The minimum absolute atomic E-state index is 0.0129. The molecule has 5 heteroatoms. The highest BCUT2D eigenvalue weighted by atomic mass is 35.5. The molecule has 0 aliphatic heterocycles. The highest BCUT2D eigenvalue weighted by Crippen LogP contribution is 2.20. The van der Waals surface area contributed by atoms with Crippen molar-refractivity contribution in [3.8, 4) is 11.5 Å². The van der Waals surface area contributed by atoms with Crippen molar-refractivity contribution in [3.63, 3.8) is 0 Å². The van der Waals surface area contributed by atoms with E-state index in [1.54, 1.807) is 43.4 Å². The van der Waals surface area contributed by atoms with Gasteiger partial charge in [0.1, 0.15) is 18.1 Å². The van der Waals surface area contributed by atoms with Gasteiger partial charge in [0.25, 0.3) is 5.91 Å². The number of phenolic OH excluding ortho intramolecular Hbond substituents is 1. The van der Waals surface area contributed by atoms with Crippen LogP contribution in [0.4, 0.5) is 0 Å². The molecule has 0 heterocycles. The Morgan fingerprint density at radius 3 is 2.59 bits per heavy atom. The number of nitrogens with zero attached hydrogens (tertiary/aromatic N) is 1. The SMILES string of the molecule is Cc1ccc(O)c(C(=O)N(C)CCOc2ccc(Cl)cc2)c1. The second-order valence-electron chi connectivity index (χ2n) is 5.05. The first-order chi connectivity index (χ1) is 10.5. The summed E-state index contributed by atoms with van der Waals surface area (Å²) in [6.45, 7) is 2.64. The normalized spacial score (nSPS) is 10.3. The number of halogens is 1. The molecule has 4 nitrogen and oxygen atoms in total. The quantitative estimate of drug-likeness (QED) is 0.917. The van der Waals surface area contributed by atoms with Gasteiger partial charge in [0.15, 0.2) is 0 Å². The monoisotopic (exact) mass is 319 g/mol. The van der Waals surface area contributed by atoms with Crippen LogP contribution in [0.5, 0.6) is 11.5 Å². The average Bonchev–Trinajstić information content (AvgIpc) is 2.51. The van der Waals surface area contributed by atoms with E-state index in [1.807, 2.05) is 6.92 Å². The van der Waals surface area contributed by atoms with Gasteiger partial charge in [-0.15, -0.1) is 0 Å². The highest BCUT2D eigenvalue weighted by molar-refractivity contribution is 6.30. The summed E-state index contributed by atoms with van der Waals surface area (Å²) in [5.74, 6) is 0.450. The zero-order chi connectivity index (χ0) is 16.1. The summed E-state index contributed by atoms with van der Waals surface area (Å²) in [5.41, 5.74) is 1.22. The van der Waals surface area contributed by atoms with Crippen LogP contribution in [-0.4, -0.2) is 36.1 Å². The molecule has 0 saturated heterocycles. The number of aryl methyl sites for hydroxylation is 1. The fraction of sp³-hybridized carbons (Fsp3) is 0.235. The zero-order valence-corrected chi connectivity index (χ0v) is 13.3. The molecule has 0 atom stereocenters. The number of phenols is 1. The molecule has 0 radical (unpaired) electrons. The minimum atomic E-state index is -0.235. The van der Waals surface area contributed by atoms with Crippen molar-refractivity contribution in [2.45, 2.75) is 6.92 Å². The smallest absolute Gasteiger partial charge is 0.257 e. The van der Waals surface area contributed by atoms with Crippen molar-refractivity contribution in [3.05, 3.63) is 58.6 Å². The van der Waals surface area contributed by atoms with Crippen molar-refractivity contribution < 1.29 is 14.6 Å². The second kappa shape index (κ2) is 7.18. The topological polar surface area (TPSA) is 49.8 Å². The molecule has 0 aromatic heterocycles. The number of amides is 1. The molecule has 0 aliphatic rings. The van der Waals surface area contributed by atoms with E-state index in [0.717, 1.165) is 5.56 Å². The lowest BCUT2D eigenvalue weighted by Crippen LogP contribution is -2.31. The van der Waals surface area contributed by atoms with Gasteiger partial charge in [0.2, 0.25) is 0 Å². The number of hydrogen-bond donors (Lipinski definition) is 1. The number of rotatable bonds is 5. The third-order valence-corrected chi connectivity index (χ3v) is 3.49. The van der Waals surface area contributed by atoms with Crippen molar-refractivity contribution >= 4 is 17.5 Å². The van der Waals surface area contributed by atoms with Gasteiger partial charge in [-0.05, 0) is 43.3 Å². The Hall–Kier alpha value is -2.20. The maximum atomic E-state index is 12.3. The maximum Gasteiger partial charge on any atom is 0.257 e. The summed E-state index contributed by atoms with van der Waals surface area (Å²) in [5, 5.41) is 10.4. The van der Waals surface area contributed by atoms with Gasteiger partial charge in [-0.2, -0.15) is 0 Å². The van der Waals surface area contributed by atoms with Crippen molar-refractivity contribution in [1.29, 1.82) is 0 Å². The van der Waals surface area contributed by atoms with Gasteiger partial charge in [-0.25, -0.2) is 0 Å². The fourth-order valence-corrected chi connectivity index (χ4v) is 2.09. The first-order valence-corrected chi connectivity index (χ1v) is 7.28. The van der Waals surface area contributed by atoms with Crippen LogP contribution >= 0.6 is 11.6 Å². The summed E-state index contributed by atoms with van der Waals surface area (Å²) in [6, 6.07) is 12.0. The van der Waals surface area contributed by atoms with Crippen LogP contribution in [0, 0.1) is 6.92 Å². The molecule has 0 unspecified atom stereocenters. The van der Waals surface area contributed by atoms with Crippen LogP contribution in [0.1, 0.15) is 15.9 Å². The first kappa shape index (κ1) is 16.2. The molecule has 0 spiro atoms. The van der Waals surface area contributed by atoms with E-state index in [4.69, 9.17) is 16.3 Å². The van der Waals surface area contributed by atoms with Gasteiger partial charge < -0.3 is 14.7 Å². The summed E-state index contributed by atoms with van der Waals surface area (Å²) < 4.78 is 5.56. The first-order valence-electron chi connectivity index (χ1n) is 6.91. The van der Waals surface area contributed by atoms with E-state index in [2.05, 4.69) is 0 Å². The number of ether oxygens (including phenoxy) is 1. The third kappa shape index (κ3) is 4.15. The van der Waals surface area contributed by atoms with Crippen LogP contribution in [0.3, 0.4) is 0 Å². The van der Waals surface area contributed by atoms with Crippen LogP contribution in [0.25, 0.3) is 0 Å². The van der Waals surface area contributed by atoms with Gasteiger partial charge in [0, 0.05) is 12.1 Å². The molecule has 1 N–H and O–H groups in total. The molecular weight excluding hydrogens is 302 g/mol. The second-order valence-corrected chi connectivity index (χ2v) is 5.49. The Labute approximate surface area is 134 Å². The molecule has 2 rings (SSSR count). The highest BCUT2D eigenvalue weighted by Gasteiger charge is 2.15. The Morgan fingerprint density at radius 1 is 1.23 bits per heavy atom. The summed E-state index contributed by atoms with van der Waals surface area (Å²) in [6.07, 6.45) is 0. The Balaban J connectivity index is 1.91. The Kier molecular flexibility index (Phi) is 5.28. The molecule has 22 heavy (non-hydrogen) atoms. The number of aromatic hydroxyl groups is 1. The fourth-order valence-electron chi connectivity index (χ4n) is 1.96. The number of hydrogen-bond acceptors (Lipinski definition) is 3. The predicted molar refractivity (Wildman–Crippen MR) is 86.8 cm³/mol. The van der Waals surface area contributed by atoms with Gasteiger partial charge >= 0.3 is 0 Å². The molecule has 2 aromatic rings. The Morgan fingerprint density at radius 2 is 1.91 bits per heavy atom. The van der Waals surface area contributed by atoms with Crippen LogP contribution in [-0.2, 0) is 0 Å². The average molecular weight is 320 g/mol. The van der Waals surface area contributed by atoms with Crippen molar-refractivity contribution in [2.75, 3.05) is 20.2 Å². The van der Waals surface area contributed by atoms with E-state index in [1.165, 1.54) is 11.0 Å². The van der Waals surface area contributed by atoms with Gasteiger partial charge in [-0.1, -0.05) is 23.2 Å². The number of benzene rings is 2. The zero-order valence-electron chi connectivity index (χ0n) is 12.5. The largest absolute Gasteiger partial charge is 0.507 e. The molecule has 116 valence electrons. The van der Waals surface area contributed by atoms with Crippen LogP contribution in [0.2, 0.25) is 5.02 Å². The maximum absolute atomic E-state index is 12.3. The van der Waals surface area contributed by atoms with E-state index in [0.29, 0.717) is 29.5 Å². The predicted octanol–water partition coefficient (Wildman–Crippen LogP) is 3.51. The lowest BCUT2D eigenvalue weighted by atomic mass is 10.1. The summed E-state index contributed by atoms with van der Waals surface area (Å²) in [7, 11) is 1.68. The third-order valence-electron chi connectivity index (χ3n) is 3.24. The molecular formula is C17H18ClNO3. The molecule has 0 fully saturated rings. The van der Waals surface area contributed by atoms with Crippen LogP contribution < -0.4 is 4.74 Å². The molecule has 1 amide bonds. The van der Waals surface area contributed by atoms with E-state index >= 15 is 0 Å². The molecule has 2 aromatic carbocycles. The molecule has 0 aliphatic carbocycles. The lowest BCUT2D eigenvalue weighted by Gasteiger charge is -2.18. The van der Waals surface area contributed by atoms with Gasteiger partial charge in [0.05, 0.1) is 12.1 Å². The number of likely N-dealkylation sites (N-methyl/N-ethyl adjacent to an activating group) is 1. The molecule has 0 saturated carbocycles. The summed E-state index contributed by atoms with van der Waals surface area (Å²) >= 11 is 5.80. The lowest BCUT2D eigenvalue weighted by molar-refractivity contribution is 0.0770. The number of carbonyl (C=O) groups is 1.